The molecule has 0 unspecified atom stereocenters. The third-order valence-electron chi connectivity index (χ3n) is 6.09. The van der Waals surface area contributed by atoms with Gasteiger partial charge in [-0.25, -0.2) is 0 Å². The van der Waals surface area contributed by atoms with Gasteiger partial charge in [-0.05, 0) is 47.7 Å². The van der Waals surface area contributed by atoms with Crippen molar-refractivity contribution in [3.63, 3.8) is 0 Å². The molecule has 0 atom stereocenters. The number of hydrogen-bond acceptors (Lipinski definition) is 4. The number of rotatable bonds is 7. The van der Waals surface area contributed by atoms with Gasteiger partial charge >= 0.3 is 5.97 Å². The predicted molar refractivity (Wildman–Crippen MR) is 140 cm³/mol. The van der Waals surface area contributed by atoms with Crippen LogP contribution < -0.4 is 0 Å². The van der Waals surface area contributed by atoms with Gasteiger partial charge in [-0.15, -0.1) is 0 Å². The summed E-state index contributed by atoms with van der Waals surface area (Å²) in [5.41, 5.74) is 3.53. The second-order valence-corrected chi connectivity index (χ2v) is 9.37. The summed E-state index contributed by atoms with van der Waals surface area (Å²) in [4.78, 5) is 39.2. The minimum Gasteiger partial charge on any atom is -0.457 e. The number of Topliss-reactive ketones (excluding diaryl/α,β-unsaturated/α-hetero) is 1. The molecular formula is C29H26BrNO4. The third kappa shape index (κ3) is 6.76. The molecule has 0 saturated carbocycles. The highest BCUT2D eigenvalue weighted by molar-refractivity contribution is 9.10. The molecular weight excluding hydrogens is 506 g/mol. The molecule has 3 aromatic carbocycles. The van der Waals surface area contributed by atoms with Gasteiger partial charge in [0, 0.05) is 29.2 Å². The molecule has 1 heterocycles. The summed E-state index contributed by atoms with van der Waals surface area (Å²) in [6, 6.07) is 24.9. The molecule has 0 radical (unpaired) electrons. The van der Waals surface area contributed by atoms with Crippen LogP contribution in [0, 0.1) is 5.92 Å². The van der Waals surface area contributed by atoms with Gasteiger partial charge in [0.2, 0.25) is 5.91 Å². The Hall–Kier alpha value is -3.51. The van der Waals surface area contributed by atoms with Crippen LogP contribution in [0.4, 0.5) is 0 Å². The van der Waals surface area contributed by atoms with E-state index in [1.165, 1.54) is 0 Å². The molecule has 6 heteroatoms. The monoisotopic (exact) mass is 531 g/mol. The Labute approximate surface area is 213 Å². The molecule has 1 saturated heterocycles. The van der Waals surface area contributed by atoms with E-state index in [1.54, 1.807) is 29.2 Å². The average Bonchev–Trinajstić information content (AvgIpc) is 2.91. The molecule has 0 aliphatic carbocycles. The first kappa shape index (κ1) is 24.6. The van der Waals surface area contributed by atoms with E-state index < -0.39 is 0 Å². The largest absolute Gasteiger partial charge is 0.457 e. The van der Waals surface area contributed by atoms with Crippen LogP contribution in [0.2, 0.25) is 0 Å². The van der Waals surface area contributed by atoms with E-state index in [2.05, 4.69) is 15.9 Å². The van der Waals surface area contributed by atoms with E-state index in [-0.39, 0.29) is 30.2 Å². The van der Waals surface area contributed by atoms with E-state index >= 15 is 0 Å². The van der Waals surface area contributed by atoms with Gasteiger partial charge in [-0.3, -0.25) is 14.4 Å². The zero-order chi connectivity index (χ0) is 24.6. The van der Waals surface area contributed by atoms with Crippen molar-refractivity contribution in [1.29, 1.82) is 0 Å². The van der Waals surface area contributed by atoms with Crippen LogP contribution in [0.25, 0.3) is 17.2 Å². The summed E-state index contributed by atoms with van der Waals surface area (Å²) >= 11 is 3.42. The molecule has 0 aromatic heterocycles. The number of carbonyl (C=O) groups excluding carboxylic acids is 3. The number of ketones is 1. The van der Waals surface area contributed by atoms with E-state index in [0.717, 1.165) is 21.2 Å². The first-order valence-electron chi connectivity index (χ1n) is 11.6. The molecule has 4 rings (SSSR count). The van der Waals surface area contributed by atoms with Crippen LogP contribution in [-0.2, 0) is 14.3 Å². The Balaban J connectivity index is 1.22. The zero-order valence-corrected chi connectivity index (χ0v) is 20.8. The molecule has 0 bridgehead atoms. The zero-order valence-electron chi connectivity index (χ0n) is 19.2. The van der Waals surface area contributed by atoms with Gasteiger partial charge in [-0.1, -0.05) is 82.7 Å². The minimum atomic E-state index is -0.378. The number of nitrogens with zero attached hydrogens (tertiary/aromatic N) is 1. The van der Waals surface area contributed by atoms with Gasteiger partial charge in [0.15, 0.2) is 12.4 Å². The van der Waals surface area contributed by atoms with Crippen molar-refractivity contribution < 1.29 is 19.1 Å². The lowest BCUT2D eigenvalue weighted by atomic mass is 9.97. The molecule has 178 valence electrons. The van der Waals surface area contributed by atoms with Gasteiger partial charge in [0.05, 0.1) is 5.92 Å². The van der Waals surface area contributed by atoms with Gasteiger partial charge < -0.3 is 9.64 Å². The van der Waals surface area contributed by atoms with Crippen LogP contribution in [-0.4, -0.2) is 42.3 Å². The standard InChI is InChI=1S/C29H26BrNO4/c30-26-13-11-23(12-14-26)22-7-9-24(10-8-22)27(32)20-35-29(34)25-16-18-31(19-17-25)28(33)15-6-21-4-2-1-3-5-21/h1-15,25H,16-20H2/b15-6+. The molecule has 0 spiro atoms. The summed E-state index contributed by atoms with van der Waals surface area (Å²) in [6.45, 7) is 0.696. The number of piperidine rings is 1. The molecule has 0 N–H and O–H groups in total. The maximum Gasteiger partial charge on any atom is 0.309 e. The maximum atomic E-state index is 12.5. The lowest BCUT2D eigenvalue weighted by Gasteiger charge is -2.30. The quantitative estimate of drug-likeness (QED) is 0.220. The van der Waals surface area contributed by atoms with Crippen molar-refractivity contribution in [2.24, 2.45) is 5.92 Å². The SMILES string of the molecule is O=C(COC(=O)C1CCN(C(=O)/C=C/c2ccccc2)CC1)c1ccc(-c2ccc(Br)cc2)cc1. The molecule has 3 aromatic rings. The smallest absolute Gasteiger partial charge is 0.309 e. The topological polar surface area (TPSA) is 63.7 Å². The normalized spacial score (nSPS) is 14.1. The number of benzene rings is 3. The number of ether oxygens (including phenoxy) is 1. The van der Waals surface area contributed by atoms with E-state index in [9.17, 15) is 14.4 Å². The lowest BCUT2D eigenvalue weighted by Crippen LogP contribution is -2.40. The van der Waals surface area contributed by atoms with Crippen molar-refractivity contribution in [3.05, 3.63) is 101 Å². The van der Waals surface area contributed by atoms with E-state index in [1.807, 2.05) is 66.7 Å². The van der Waals surface area contributed by atoms with Gasteiger partial charge in [0.1, 0.15) is 0 Å². The number of amides is 1. The average molecular weight is 532 g/mol. The summed E-state index contributed by atoms with van der Waals surface area (Å²) < 4.78 is 6.32. The highest BCUT2D eigenvalue weighted by Gasteiger charge is 2.28. The molecule has 1 aliphatic heterocycles. The first-order chi connectivity index (χ1) is 17.0. The Kier molecular flexibility index (Phi) is 8.27. The summed E-state index contributed by atoms with van der Waals surface area (Å²) in [7, 11) is 0. The van der Waals surface area contributed by atoms with Gasteiger partial charge in [0.25, 0.3) is 0 Å². The number of carbonyl (C=O) groups is 3. The highest BCUT2D eigenvalue weighted by atomic mass is 79.9. The van der Waals surface area contributed by atoms with Crippen LogP contribution >= 0.6 is 15.9 Å². The molecule has 1 fully saturated rings. The second-order valence-electron chi connectivity index (χ2n) is 8.46. The van der Waals surface area contributed by atoms with Crippen LogP contribution in [0.5, 0.6) is 0 Å². The fourth-order valence-corrected chi connectivity index (χ4v) is 4.27. The molecule has 1 aliphatic rings. The summed E-state index contributed by atoms with van der Waals surface area (Å²) in [5.74, 6) is -0.983. The number of hydrogen-bond donors (Lipinski definition) is 0. The molecule has 35 heavy (non-hydrogen) atoms. The van der Waals surface area contributed by atoms with Crippen LogP contribution in [0.1, 0.15) is 28.8 Å². The molecule has 5 nitrogen and oxygen atoms in total. The van der Waals surface area contributed by atoms with Crippen molar-refractivity contribution in [2.75, 3.05) is 19.7 Å². The van der Waals surface area contributed by atoms with Crippen molar-refractivity contribution in [2.45, 2.75) is 12.8 Å². The number of likely N-dealkylation sites (tertiary alicyclic amines) is 1. The second kappa shape index (κ2) is 11.8. The fourth-order valence-electron chi connectivity index (χ4n) is 4.00. The molecule has 1 amide bonds. The number of esters is 1. The van der Waals surface area contributed by atoms with Crippen molar-refractivity contribution in [1.82, 2.24) is 4.90 Å². The van der Waals surface area contributed by atoms with Crippen molar-refractivity contribution in [3.8, 4) is 11.1 Å². The Bertz CT molecular complexity index is 1200. The fraction of sp³-hybridized carbons (Fsp3) is 0.207. The Morgan fingerprint density at radius 2 is 1.46 bits per heavy atom. The lowest BCUT2D eigenvalue weighted by molar-refractivity contribution is -0.150. The predicted octanol–water partition coefficient (Wildman–Crippen LogP) is 5.79. The highest BCUT2D eigenvalue weighted by Crippen LogP contribution is 2.23. The van der Waals surface area contributed by atoms with E-state index in [0.29, 0.717) is 31.5 Å². The van der Waals surface area contributed by atoms with Crippen LogP contribution in [0.3, 0.4) is 0 Å². The van der Waals surface area contributed by atoms with E-state index in [4.69, 9.17) is 4.74 Å². The summed E-state index contributed by atoms with van der Waals surface area (Å²) in [6.07, 6.45) is 4.41. The Morgan fingerprint density at radius 1 is 0.857 bits per heavy atom. The number of halogens is 1. The summed E-state index contributed by atoms with van der Waals surface area (Å²) in [5, 5.41) is 0. The third-order valence-corrected chi connectivity index (χ3v) is 6.62. The first-order valence-corrected chi connectivity index (χ1v) is 12.4. The van der Waals surface area contributed by atoms with Gasteiger partial charge in [-0.2, -0.15) is 0 Å². The van der Waals surface area contributed by atoms with Crippen LogP contribution in [0.15, 0.2) is 89.4 Å². The van der Waals surface area contributed by atoms with Crippen molar-refractivity contribution >= 4 is 39.7 Å². The maximum absolute atomic E-state index is 12.5. The Morgan fingerprint density at radius 3 is 2.09 bits per heavy atom. The minimum absolute atomic E-state index is 0.0672.